The van der Waals surface area contributed by atoms with Crippen molar-refractivity contribution in [3.63, 3.8) is 0 Å². The Hall–Kier alpha value is -1.26. The quantitative estimate of drug-likeness (QED) is 0.780. The van der Waals surface area contributed by atoms with Crippen LogP contribution in [0.1, 0.15) is 36.0 Å². The van der Waals surface area contributed by atoms with Crippen LogP contribution in [0.15, 0.2) is 24.3 Å². The van der Waals surface area contributed by atoms with E-state index < -0.39 is 0 Å². The van der Waals surface area contributed by atoms with Crippen molar-refractivity contribution in [3.05, 3.63) is 35.6 Å². The fourth-order valence-corrected chi connectivity index (χ4v) is 3.19. The average Bonchev–Trinajstić information content (AvgIpc) is 2.48. The number of ether oxygens (including phenoxy) is 2. The zero-order valence-electron chi connectivity index (χ0n) is 11.4. The van der Waals surface area contributed by atoms with Crippen LogP contribution in [-0.2, 0) is 9.47 Å². The van der Waals surface area contributed by atoms with Gasteiger partial charge in [0.1, 0.15) is 5.82 Å². The Kier molecular flexibility index (Phi) is 3.85. The molecule has 0 N–H and O–H groups in total. The van der Waals surface area contributed by atoms with Crippen LogP contribution < -0.4 is 0 Å². The molecule has 0 radical (unpaired) electrons. The molecule has 0 saturated carbocycles. The summed E-state index contributed by atoms with van der Waals surface area (Å²) < 4.78 is 24.3. The van der Waals surface area contributed by atoms with Crippen molar-refractivity contribution in [2.75, 3.05) is 19.8 Å². The van der Waals surface area contributed by atoms with Crippen molar-refractivity contribution in [1.29, 1.82) is 0 Å². The van der Waals surface area contributed by atoms with Crippen LogP contribution in [0.3, 0.4) is 0 Å². The van der Waals surface area contributed by atoms with Crippen LogP contribution in [0, 0.1) is 11.7 Å². The molecule has 1 atom stereocenters. The van der Waals surface area contributed by atoms with Gasteiger partial charge in [-0.1, -0.05) is 0 Å². The summed E-state index contributed by atoms with van der Waals surface area (Å²) >= 11 is 0. The fourth-order valence-electron chi connectivity index (χ4n) is 3.19. The molecule has 108 valence electrons. The van der Waals surface area contributed by atoms with Crippen molar-refractivity contribution in [1.82, 2.24) is 0 Å². The molecule has 1 aromatic rings. The summed E-state index contributed by atoms with van der Waals surface area (Å²) in [6.45, 7) is 2.03. The summed E-state index contributed by atoms with van der Waals surface area (Å²) in [7, 11) is 0. The van der Waals surface area contributed by atoms with E-state index in [9.17, 15) is 9.18 Å². The number of benzene rings is 1. The predicted octanol–water partition coefficient (Wildman–Crippen LogP) is 2.98. The maximum atomic E-state index is 12.9. The van der Waals surface area contributed by atoms with E-state index in [-0.39, 0.29) is 23.1 Å². The highest BCUT2D eigenvalue weighted by Gasteiger charge is 2.41. The minimum atomic E-state index is -0.311. The van der Waals surface area contributed by atoms with Crippen molar-refractivity contribution in [2.45, 2.75) is 31.3 Å². The summed E-state index contributed by atoms with van der Waals surface area (Å²) in [6.07, 6.45) is 3.23. The van der Waals surface area contributed by atoms with E-state index in [1.54, 1.807) is 12.1 Å². The first-order chi connectivity index (χ1) is 9.69. The van der Waals surface area contributed by atoms with Crippen LogP contribution in [0.5, 0.6) is 0 Å². The molecule has 2 fully saturated rings. The lowest BCUT2D eigenvalue weighted by Crippen LogP contribution is -2.45. The summed E-state index contributed by atoms with van der Waals surface area (Å²) in [5.41, 5.74) is 0.414. The third-order valence-corrected chi connectivity index (χ3v) is 4.40. The minimum absolute atomic E-state index is 0.0210. The highest BCUT2D eigenvalue weighted by molar-refractivity contribution is 5.97. The van der Waals surface area contributed by atoms with Crippen molar-refractivity contribution in [2.24, 2.45) is 5.92 Å². The second-order valence-corrected chi connectivity index (χ2v) is 5.70. The van der Waals surface area contributed by atoms with Crippen LogP contribution in [-0.4, -0.2) is 31.2 Å². The van der Waals surface area contributed by atoms with E-state index in [2.05, 4.69) is 0 Å². The number of hydrogen-bond donors (Lipinski definition) is 0. The lowest BCUT2D eigenvalue weighted by molar-refractivity contribution is -0.142. The van der Waals surface area contributed by atoms with E-state index >= 15 is 0 Å². The van der Waals surface area contributed by atoms with Crippen molar-refractivity contribution >= 4 is 5.78 Å². The number of Topliss-reactive ketones (excluding diaryl/α,β-unsaturated/α-hetero) is 1. The van der Waals surface area contributed by atoms with Gasteiger partial charge in [-0.15, -0.1) is 0 Å². The van der Waals surface area contributed by atoms with Gasteiger partial charge in [0.15, 0.2) is 5.78 Å². The van der Waals surface area contributed by atoms with Crippen LogP contribution >= 0.6 is 0 Å². The number of carbonyl (C=O) groups excluding carboxylic acids is 1. The lowest BCUT2D eigenvalue weighted by atomic mass is 9.78. The Bertz CT molecular complexity index is 471. The smallest absolute Gasteiger partial charge is 0.166 e. The Balaban J connectivity index is 1.73. The molecule has 0 aromatic heterocycles. The molecular formula is C16H19FO3. The van der Waals surface area contributed by atoms with Crippen molar-refractivity contribution in [3.8, 4) is 0 Å². The van der Waals surface area contributed by atoms with E-state index in [1.807, 2.05) is 0 Å². The molecule has 3 rings (SSSR count). The molecule has 20 heavy (non-hydrogen) atoms. The fraction of sp³-hybridized carbons (Fsp3) is 0.562. The summed E-state index contributed by atoms with van der Waals surface area (Å²) in [6, 6.07) is 5.83. The van der Waals surface area contributed by atoms with Crippen LogP contribution in [0.2, 0.25) is 0 Å². The normalized spacial score (nSPS) is 25.6. The molecule has 2 heterocycles. The summed E-state index contributed by atoms with van der Waals surface area (Å²) in [5.74, 6) is -0.221. The van der Waals surface area contributed by atoms with Gasteiger partial charge < -0.3 is 9.47 Å². The van der Waals surface area contributed by atoms with Crippen molar-refractivity contribution < 1.29 is 18.7 Å². The third-order valence-electron chi connectivity index (χ3n) is 4.40. The van der Waals surface area contributed by atoms with Gasteiger partial charge in [-0.25, -0.2) is 4.39 Å². The molecule has 4 heteroatoms. The minimum Gasteiger partial charge on any atom is -0.381 e. The van der Waals surface area contributed by atoms with Gasteiger partial charge in [0.25, 0.3) is 0 Å². The Morgan fingerprint density at radius 3 is 2.55 bits per heavy atom. The first-order valence-electron chi connectivity index (χ1n) is 7.20. The molecule has 1 spiro atoms. The molecule has 0 aliphatic carbocycles. The van der Waals surface area contributed by atoms with Gasteiger partial charge in [0.2, 0.25) is 0 Å². The standard InChI is InChI=1S/C16H19FO3/c17-14-3-1-12(2-4-14)15(18)13-5-8-20-16(11-13)6-9-19-10-7-16/h1-4,13H,5-11H2. The SMILES string of the molecule is O=C(c1ccc(F)cc1)C1CCOC2(CCOCC2)C1. The van der Waals surface area contributed by atoms with Gasteiger partial charge in [-0.3, -0.25) is 4.79 Å². The summed E-state index contributed by atoms with van der Waals surface area (Å²) in [4.78, 5) is 12.5. The average molecular weight is 278 g/mol. The molecule has 1 aromatic carbocycles. The number of carbonyl (C=O) groups is 1. The number of ketones is 1. The Morgan fingerprint density at radius 2 is 1.85 bits per heavy atom. The monoisotopic (exact) mass is 278 g/mol. The summed E-state index contributed by atoms with van der Waals surface area (Å²) in [5, 5.41) is 0. The van der Waals surface area contributed by atoms with Gasteiger partial charge >= 0.3 is 0 Å². The maximum Gasteiger partial charge on any atom is 0.166 e. The Labute approximate surface area is 118 Å². The number of halogens is 1. The third kappa shape index (κ3) is 2.76. The Morgan fingerprint density at radius 1 is 1.15 bits per heavy atom. The van der Waals surface area contributed by atoms with Crippen LogP contribution in [0.4, 0.5) is 4.39 Å². The predicted molar refractivity (Wildman–Crippen MR) is 72.2 cm³/mol. The number of rotatable bonds is 2. The molecule has 0 amide bonds. The molecule has 2 aliphatic rings. The number of hydrogen-bond acceptors (Lipinski definition) is 3. The molecule has 1 unspecified atom stereocenters. The molecule has 2 aliphatic heterocycles. The molecule has 0 bridgehead atoms. The second kappa shape index (κ2) is 5.62. The maximum absolute atomic E-state index is 12.9. The highest BCUT2D eigenvalue weighted by Crippen LogP contribution is 2.38. The van der Waals surface area contributed by atoms with Gasteiger partial charge in [-0.05, 0) is 49.9 Å². The largest absolute Gasteiger partial charge is 0.381 e. The zero-order valence-corrected chi connectivity index (χ0v) is 11.4. The lowest BCUT2D eigenvalue weighted by Gasteiger charge is -2.42. The van der Waals surface area contributed by atoms with Gasteiger partial charge in [-0.2, -0.15) is 0 Å². The zero-order chi connectivity index (χ0) is 14.0. The first kappa shape index (κ1) is 13.7. The molecule has 3 nitrogen and oxygen atoms in total. The van der Waals surface area contributed by atoms with Gasteiger partial charge in [0, 0.05) is 31.3 Å². The van der Waals surface area contributed by atoms with E-state index in [4.69, 9.17) is 9.47 Å². The topological polar surface area (TPSA) is 35.5 Å². The first-order valence-corrected chi connectivity index (χ1v) is 7.20. The second-order valence-electron chi connectivity index (χ2n) is 5.70. The van der Waals surface area contributed by atoms with Crippen LogP contribution in [0.25, 0.3) is 0 Å². The molecule has 2 saturated heterocycles. The molecular weight excluding hydrogens is 259 g/mol. The van der Waals surface area contributed by atoms with E-state index in [1.165, 1.54) is 12.1 Å². The van der Waals surface area contributed by atoms with E-state index in [0.717, 1.165) is 25.7 Å². The van der Waals surface area contributed by atoms with Gasteiger partial charge in [0.05, 0.1) is 5.60 Å². The highest BCUT2D eigenvalue weighted by atomic mass is 19.1. The van der Waals surface area contributed by atoms with E-state index in [0.29, 0.717) is 25.4 Å².